The highest BCUT2D eigenvalue weighted by Crippen LogP contribution is 2.29. The standard InChI is InChI=1S/C21H29N3O2S/c1-3-26-18-8-6-17(7-9-18)23-21(25)22-15-19(20-5-4-14-27-20)24-12-10-16(2)11-13-24/h4-9,14,16,19H,3,10-13,15H2,1-2H3,(H2,22,23,25). The third-order valence-electron chi connectivity index (χ3n) is 5.01. The number of benzene rings is 1. The molecular formula is C21H29N3O2S. The second kappa shape index (κ2) is 9.76. The smallest absolute Gasteiger partial charge is 0.319 e. The molecule has 2 amide bonds. The molecule has 2 aromatic rings. The van der Waals surface area contributed by atoms with E-state index in [9.17, 15) is 4.79 Å². The maximum absolute atomic E-state index is 12.4. The van der Waals surface area contributed by atoms with Crippen molar-refractivity contribution < 1.29 is 9.53 Å². The van der Waals surface area contributed by atoms with Gasteiger partial charge in [-0.1, -0.05) is 13.0 Å². The lowest BCUT2D eigenvalue weighted by Gasteiger charge is -2.36. The molecule has 6 heteroatoms. The summed E-state index contributed by atoms with van der Waals surface area (Å²) in [5.41, 5.74) is 0.760. The van der Waals surface area contributed by atoms with E-state index < -0.39 is 0 Å². The number of hydrogen-bond donors (Lipinski definition) is 2. The van der Waals surface area contributed by atoms with Gasteiger partial charge in [-0.25, -0.2) is 4.79 Å². The second-order valence-electron chi connectivity index (χ2n) is 7.04. The number of ether oxygens (including phenoxy) is 1. The van der Waals surface area contributed by atoms with Crippen LogP contribution in [0.15, 0.2) is 41.8 Å². The maximum atomic E-state index is 12.4. The molecule has 2 N–H and O–H groups in total. The van der Waals surface area contributed by atoms with E-state index in [-0.39, 0.29) is 12.1 Å². The number of likely N-dealkylation sites (tertiary alicyclic amines) is 1. The van der Waals surface area contributed by atoms with Crippen LogP contribution in [-0.4, -0.2) is 37.2 Å². The summed E-state index contributed by atoms with van der Waals surface area (Å²) in [6.45, 7) is 7.69. The molecule has 27 heavy (non-hydrogen) atoms. The fraction of sp³-hybridized carbons (Fsp3) is 0.476. The van der Waals surface area contributed by atoms with Crippen LogP contribution in [0.4, 0.5) is 10.5 Å². The van der Waals surface area contributed by atoms with E-state index in [2.05, 4.69) is 40.0 Å². The van der Waals surface area contributed by atoms with Gasteiger partial charge in [-0.15, -0.1) is 11.3 Å². The van der Waals surface area contributed by atoms with Gasteiger partial charge in [0.05, 0.1) is 12.6 Å². The van der Waals surface area contributed by atoms with E-state index >= 15 is 0 Å². The summed E-state index contributed by atoms with van der Waals surface area (Å²) < 4.78 is 5.43. The summed E-state index contributed by atoms with van der Waals surface area (Å²) >= 11 is 1.76. The van der Waals surface area contributed by atoms with Gasteiger partial charge in [0.1, 0.15) is 5.75 Å². The van der Waals surface area contributed by atoms with Crippen LogP contribution in [0.3, 0.4) is 0 Å². The molecule has 0 saturated carbocycles. The van der Waals surface area contributed by atoms with Crippen molar-refractivity contribution in [1.29, 1.82) is 0 Å². The number of amides is 2. The minimum absolute atomic E-state index is 0.175. The first-order valence-corrected chi connectivity index (χ1v) is 10.6. The Kier molecular flexibility index (Phi) is 7.12. The zero-order valence-corrected chi connectivity index (χ0v) is 16.9. The summed E-state index contributed by atoms with van der Waals surface area (Å²) in [6.07, 6.45) is 2.44. The van der Waals surface area contributed by atoms with E-state index in [1.807, 2.05) is 31.2 Å². The number of piperidine rings is 1. The molecule has 1 aromatic carbocycles. The molecule has 2 heterocycles. The van der Waals surface area contributed by atoms with Crippen LogP contribution in [0.25, 0.3) is 0 Å². The van der Waals surface area contributed by atoms with Crippen LogP contribution in [0.1, 0.15) is 37.6 Å². The zero-order chi connectivity index (χ0) is 19.1. The Morgan fingerprint density at radius 1 is 1.26 bits per heavy atom. The fourth-order valence-corrected chi connectivity index (χ4v) is 4.26. The highest BCUT2D eigenvalue weighted by Gasteiger charge is 2.25. The molecule has 146 valence electrons. The van der Waals surface area contributed by atoms with Gasteiger partial charge in [0, 0.05) is 17.1 Å². The number of rotatable bonds is 7. The number of thiophene rings is 1. The summed E-state index contributed by atoms with van der Waals surface area (Å²) in [4.78, 5) is 16.2. The molecule has 1 saturated heterocycles. The lowest BCUT2D eigenvalue weighted by molar-refractivity contribution is 0.138. The normalized spacial score (nSPS) is 16.7. The molecule has 1 atom stereocenters. The third-order valence-corrected chi connectivity index (χ3v) is 5.98. The quantitative estimate of drug-likeness (QED) is 0.721. The zero-order valence-electron chi connectivity index (χ0n) is 16.1. The van der Waals surface area contributed by atoms with Crippen molar-refractivity contribution in [2.45, 2.75) is 32.7 Å². The fourth-order valence-electron chi connectivity index (χ4n) is 3.40. The highest BCUT2D eigenvalue weighted by atomic mass is 32.1. The summed E-state index contributed by atoms with van der Waals surface area (Å²) in [5, 5.41) is 8.06. The Hall–Kier alpha value is -2.05. The Bertz CT molecular complexity index is 695. The predicted octanol–water partition coefficient (Wildman–Crippen LogP) is 4.74. The van der Waals surface area contributed by atoms with Crippen molar-refractivity contribution in [2.24, 2.45) is 5.92 Å². The Morgan fingerprint density at radius 2 is 2.00 bits per heavy atom. The van der Waals surface area contributed by atoms with Crippen molar-refractivity contribution in [3.63, 3.8) is 0 Å². The molecular weight excluding hydrogens is 358 g/mol. The van der Waals surface area contributed by atoms with Crippen LogP contribution in [0.2, 0.25) is 0 Å². The summed E-state index contributed by atoms with van der Waals surface area (Å²) in [7, 11) is 0. The maximum Gasteiger partial charge on any atom is 0.319 e. The topological polar surface area (TPSA) is 53.6 Å². The molecule has 1 unspecified atom stereocenters. The van der Waals surface area contributed by atoms with Crippen molar-refractivity contribution in [2.75, 3.05) is 31.6 Å². The molecule has 0 aliphatic carbocycles. The molecule has 1 aliphatic rings. The molecule has 1 fully saturated rings. The highest BCUT2D eigenvalue weighted by molar-refractivity contribution is 7.10. The minimum Gasteiger partial charge on any atom is -0.494 e. The van der Waals surface area contributed by atoms with Crippen LogP contribution >= 0.6 is 11.3 Å². The Labute approximate surface area is 165 Å². The molecule has 1 aromatic heterocycles. The van der Waals surface area contributed by atoms with E-state index in [0.29, 0.717) is 13.2 Å². The molecule has 0 spiro atoms. The second-order valence-corrected chi connectivity index (χ2v) is 8.02. The van der Waals surface area contributed by atoms with E-state index in [4.69, 9.17) is 4.74 Å². The summed E-state index contributed by atoms with van der Waals surface area (Å²) in [6, 6.07) is 11.7. The third kappa shape index (κ3) is 5.71. The first-order chi connectivity index (χ1) is 13.2. The van der Waals surface area contributed by atoms with Gasteiger partial charge in [0.25, 0.3) is 0 Å². The van der Waals surface area contributed by atoms with Crippen molar-refractivity contribution in [3.05, 3.63) is 46.7 Å². The molecule has 0 bridgehead atoms. The van der Waals surface area contributed by atoms with E-state index in [0.717, 1.165) is 30.4 Å². The average Bonchev–Trinajstić information content (AvgIpc) is 3.20. The van der Waals surface area contributed by atoms with E-state index in [1.54, 1.807) is 11.3 Å². The first kappa shape index (κ1) is 19.7. The first-order valence-electron chi connectivity index (χ1n) is 9.71. The van der Waals surface area contributed by atoms with Gasteiger partial charge < -0.3 is 15.4 Å². The number of carbonyl (C=O) groups is 1. The Balaban J connectivity index is 1.55. The van der Waals surface area contributed by atoms with Crippen LogP contribution in [0, 0.1) is 5.92 Å². The molecule has 5 nitrogen and oxygen atoms in total. The number of urea groups is 1. The predicted molar refractivity (Wildman–Crippen MR) is 112 cm³/mol. The SMILES string of the molecule is CCOc1ccc(NC(=O)NCC(c2cccs2)N2CCC(C)CC2)cc1. The van der Waals surface area contributed by atoms with Crippen LogP contribution in [-0.2, 0) is 0 Å². The molecule has 3 rings (SSSR count). The van der Waals surface area contributed by atoms with Gasteiger partial charge in [0.2, 0.25) is 0 Å². The van der Waals surface area contributed by atoms with Gasteiger partial charge in [-0.05, 0) is 74.5 Å². The lowest BCUT2D eigenvalue weighted by atomic mass is 9.97. The lowest BCUT2D eigenvalue weighted by Crippen LogP contribution is -2.42. The van der Waals surface area contributed by atoms with Crippen molar-refractivity contribution >= 4 is 23.1 Å². The number of nitrogens with one attached hydrogen (secondary N) is 2. The average molecular weight is 388 g/mol. The number of carbonyl (C=O) groups excluding carboxylic acids is 1. The van der Waals surface area contributed by atoms with Crippen molar-refractivity contribution in [1.82, 2.24) is 10.2 Å². The number of hydrogen-bond acceptors (Lipinski definition) is 4. The van der Waals surface area contributed by atoms with Crippen LogP contribution < -0.4 is 15.4 Å². The summed E-state index contributed by atoms with van der Waals surface area (Å²) in [5.74, 6) is 1.60. The largest absolute Gasteiger partial charge is 0.494 e. The van der Waals surface area contributed by atoms with Gasteiger partial charge in [-0.2, -0.15) is 0 Å². The molecule has 0 radical (unpaired) electrons. The van der Waals surface area contributed by atoms with Crippen molar-refractivity contribution in [3.8, 4) is 5.75 Å². The van der Waals surface area contributed by atoms with Gasteiger partial charge in [-0.3, -0.25) is 4.90 Å². The van der Waals surface area contributed by atoms with Gasteiger partial charge >= 0.3 is 6.03 Å². The molecule has 1 aliphatic heterocycles. The van der Waals surface area contributed by atoms with Gasteiger partial charge in [0.15, 0.2) is 0 Å². The number of nitrogens with zero attached hydrogens (tertiary/aromatic N) is 1. The Morgan fingerprint density at radius 3 is 2.63 bits per heavy atom. The number of anilines is 1. The van der Waals surface area contributed by atoms with Crippen LogP contribution in [0.5, 0.6) is 5.75 Å². The minimum atomic E-state index is -0.175. The van der Waals surface area contributed by atoms with E-state index in [1.165, 1.54) is 17.7 Å². The monoisotopic (exact) mass is 387 g/mol.